The molecule has 0 saturated heterocycles. The van der Waals surface area contributed by atoms with Crippen LogP contribution in [0.1, 0.15) is 31.3 Å². The van der Waals surface area contributed by atoms with Crippen LogP contribution in [0.3, 0.4) is 0 Å². The van der Waals surface area contributed by atoms with Gasteiger partial charge in [0.05, 0.1) is 23.6 Å². The highest BCUT2D eigenvalue weighted by atomic mass is 32.1. The number of amidine groups is 1. The lowest BCUT2D eigenvalue weighted by Gasteiger charge is -2.17. The maximum atomic E-state index is 5.85. The molecule has 2 N–H and O–H groups in total. The Kier molecular flexibility index (Phi) is 3.26. The zero-order valence-electron chi connectivity index (χ0n) is 9.16. The fourth-order valence-corrected chi connectivity index (χ4v) is 1.57. The van der Waals surface area contributed by atoms with Gasteiger partial charge in [-0.15, -0.1) is 11.3 Å². The molecule has 0 amide bonds. The molecule has 0 atom stereocenters. The molecule has 0 radical (unpaired) electrons. The van der Waals surface area contributed by atoms with Gasteiger partial charge in [-0.25, -0.2) is 4.98 Å². The van der Waals surface area contributed by atoms with Crippen LogP contribution < -0.4 is 5.73 Å². The van der Waals surface area contributed by atoms with Gasteiger partial charge in [0.2, 0.25) is 0 Å². The summed E-state index contributed by atoms with van der Waals surface area (Å²) in [4.78, 5) is 9.72. The molecule has 0 aliphatic heterocycles. The number of nitrogens with zero attached hydrogens (tertiary/aromatic N) is 2. The first-order chi connectivity index (χ1) is 6.41. The molecule has 4 heteroatoms. The van der Waals surface area contributed by atoms with Crippen molar-refractivity contribution in [2.45, 2.75) is 34.2 Å². The molecular weight excluding hydrogens is 194 g/mol. The molecule has 0 unspecified atom stereocenters. The quantitative estimate of drug-likeness (QED) is 0.603. The van der Waals surface area contributed by atoms with Crippen LogP contribution in [0, 0.1) is 12.3 Å². The van der Waals surface area contributed by atoms with Gasteiger partial charge in [-0.1, -0.05) is 20.8 Å². The molecule has 0 bridgehead atoms. The Morgan fingerprint density at radius 2 is 2.21 bits per heavy atom. The molecule has 0 fully saturated rings. The molecule has 1 aromatic rings. The third-order valence-corrected chi connectivity index (χ3v) is 2.93. The normalized spacial score (nSPS) is 13.3. The van der Waals surface area contributed by atoms with Crippen molar-refractivity contribution in [2.75, 3.05) is 0 Å². The molecule has 0 aliphatic rings. The number of thiazole rings is 1. The number of aryl methyl sites for hydroxylation is 1. The molecule has 14 heavy (non-hydrogen) atoms. The third-order valence-electron chi connectivity index (χ3n) is 2.01. The summed E-state index contributed by atoms with van der Waals surface area (Å²) >= 11 is 1.63. The number of hydrogen-bond acceptors (Lipinski definition) is 3. The van der Waals surface area contributed by atoms with Crippen LogP contribution in [0.4, 0.5) is 0 Å². The maximum Gasteiger partial charge on any atom is 0.0995 e. The third kappa shape index (κ3) is 2.80. The van der Waals surface area contributed by atoms with Crippen LogP contribution in [0.15, 0.2) is 10.5 Å². The minimum Gasteiger partial charge on any atom is -0.387 e. The number of aromatic nitrogens is 1. The average molecular weight is 211 g/mol. The maximum absolute atomic E-state index is 5.85. The van der Waals surface area contributed by atoms with E-state index in [1.165, 1.54) is 4.88 Å². The van der Waals surface area contributed by atoms with Gasteiger partial charge < -0.3 is 5.73 Å². The molecule has 0 saturated carbocycles. The van der Waals surface area contributed by atoms with E-state index >= 15 is 0 Å². The van der Waals surface area contributed by atoms with Gasteiger partial charge in [-0.05, 0) is 6.92 Å². The highest BCUT2D eigenvalue weighted by molar-refractivity contribution is 7.09. The first kappa shape index (κ1) is 11.2. The monoisotopic (exact) mass is 211 g/mol. The summed E-state index contributed by atoms with van der Waals surface area (Å²) in [5.41, 5.74) is 8.71. The lowest BCUT2D eigenvalue weighted by atomic mass is 9.95. The average Bonchev–Trinajstić information content (AvgIpc) is 2.45. The van der Waals surface area contributed by atoms with Gasteiger partial charge in [0.25, 0.3) is 0 Å². The molecule has 0 aromatic carbocycles. The van der Waals surface area contributed by atoms with Crippen molar-refractivity contribution in [3.8, 4) is 0 Å². The van der Waals surface area contributed by atoms with E-state index < -0.39 is 0 Å². The van der Waals surface area contributed by atoms with Crippen molar-refractivity contribution in [3.05, 3.63) is 16.1 Å². The van der Waals surface area contributed by atoms with E-state index in [9.17, 15) is 0 Å². The number of aliphatic imine (C=N–C) groups is 1. The number of rotatable bonds is 2. The van der Waals surface area contributed by atoms with Crippen LogP contribution in [0.5, 0.6) is 0 Å². The Labute approximate surface area is 89.1 Å². The lowest BCUT2D eigenvalue weighted by molar-refractivity contribution is 0.581. The first-order valence-corrected chi connectivity index (χ1v) is 5.48. The Morgan fingerprint density at radius 1 is 1.57 bits per heavy atom. The number of nitrogens with two attached hydrogens (primary N) is 1. The van der Waals surface area contributed by atoms with Gasteiger partial charge in [-0.2, -0.15) is 0 Å². The first-order valence-electron chi connectivity index (χ1n) is 4.60. The van der Waals surface area contributed by atoms with Crippen LogP contribution in [0.25, 0.3) is 0 Å². The summed E-state index contributed by atoms with van der Waals surface area (Å²) in [6, 6.07) is 0. The van der Waals surface area contributed by atoms with E-state index in [-0.39, 0.29) is 5.41 Å². The molecule has 0 aliphatic carbocycles. The summed E-state index contributed by atoms with van der Waals surface area (Å²) in [5.74, 6) is 0.699. The zero-order chi connectivity index (χ0) is 10.8. The van der Waals surface area contributed by atoms with Gasteiger partial charge in [0, 0.05) is 10.3 Å². The molecule has 78 valence electrons. The van der Waals surface area contributed by atoms with Gasteiger partial charge >= 0.3 is 0 Å². The number of hydrogen-bond donors (Lipinski definition) is 1. The van der Waals surface area contributed by atoms with Crippen LogP contribution >= 0.6 is 11.3 Å². The van der Waals surface area contributed by atoms with Gasteiger partial charge in [0.1, 0.15) is 0 Å². The Hall–Kier alpha value is -0.900. The molecule has 3 nitrogen and oxygen atoms in total. The van der Waals surface area contributed by atoms with E-state index in [1.54, 1.807) is 11.3 Å². The van der Waals surface area contributed by atoms with Gasteiger partial charge in [-0.3, -0.25) is 4.99 Å². The Morgan fingerprint density at radius 3 is 2.64 bits per heavy atom. The highest BCUT2D eigenvalue weighted by Crippen LogP contribution is 2.16. The van der Waals surface area contributed by atoms with Crippen molar-refractivity contribution in [1.29, 1.82) is 0 Å². The zero-order valence-corrected chi connectivity index (χ0v) is 9.98. The second-order valence-electron chi connectivity index (χ2n) is 4.31. The van der Waals surface area contributed by atoms with E-state index in [4.69, 9.17) is 5.73 Å². The fraction of sp³-hybridized carbons (Fsp3) is 0.600. The smallest absolute Gasteiger partial charge is 0.0995 e. The second-order valence-corrected chi connectivity index (χ2v) is 5.25. The largest absolute Gasteiger partial charge is 0.387 e. The topological polar surface area (TPSA) is 51.3 Å². The Balaban J connectivity index is 2.69. The summed E-state index contributed by atoms with van der Waals surface area (Å²) in [5, 5.41) is 0. The minimum absolute atomic E-state index is 0.0431. The summed E-state index contributed by atoms with van der Waals surface area (Å²) in [7, 11) is 0. The van der Waals surface area contributed by atoms with E-state index in [2.05, 4.69) is 30.7 Å². The van der Waals surface area contributed by atoms with Crippen LogP contribution in [-0.2, 0) is 6.54 Å². The van der Waals surface area contributed by atoms with E-state index in [1.807, 2.05) is 12.4 Å². The summed E-state index contributed by atoms with van der Waals surface area (Å²) < 4.78 is 0. The van der Waals surface area contributed by atoms with Crippen molar-refractivity contribution in [3.63, 3.8) is 0 Å². The fourth-order valence-electron chi connectivity index (χ4n) is 0.872. The predicted octanol–water partition coefficient (Wildman–Crippen LogP) is 2.35. The van der Waals surface area contributed by atoms with Crippen molar-refractivity contribution >= 4 is 17.2 Å². The lowest BCUT2D eigenvalue weighted by Crippen LogP contribution is -2.28. The van der Waals surface area contributed by atoms with Crippen LogP contribution in [-0.4, -0.2) is 10.8 Å². The predicted molar refractivity (Wildman–Crippen MR) is 61.6 cm³/mol. The van der Waals surface area contributed by atoms with Crippen molar-refractivity contribution < 1.29 is 0 Å². The molecule has 0 spiro atoms. The van der Waals surface area contributed by atoms with E-state index in [0.717, 1.165) is 5.69 Å². The molecule has 1 heterocycles. The van der Waals surface area contributed by atoms with Crippen molar-refractivity contribution in [1.82, 2.24) is 4.98 Å². The molecule has 1 aromatic heterocycles. The highest BCUT2D eigenvalue weighted by Gasteiger charge is 2.15. The summed E-state index contributed by atoms with van der Waals surface area (Å²) in [6.45, 7) is 8.83. The molecular formula is C10H17N3S. The Bertz CT molecular complexity index is 333. The molecule has 1 rings (SSSR count). The standard InChI is InChI=1S/C10H17N3S/c1-7-8(14-6-13-7)5-12-9(11)10(2,3)4/h6H,5H2,1-4H3,(H2,11,12). The van der Waals surface area contributed by atoms with E-state index in [0.29, 0.717) is 12.4 Å². The SMILES string of the molecule is Cc1ncsc1CN=C(N)C(C)(C)C. The minimum atomic E-state index is -0.0431. The summed E-state index contributed by atoms with van der Waals surface area (Å²) in [6.07, 6.45) is 0. The second kappa shape index (κ2) is 4.09. The van der Waals surface area contributed by atoms with Crippen LogP contribution in [0.2, 0.25) is 0 Å². The van der Waals surface area contributed by atoms with Crippen molar-refractivity contribution in [2.24, 2.45) is 16.1 Å². The van der Waals surface area contributed by atoms with Gasteiger partial charge in [0.15, 0.2) is 0 Å².